The minimum Gasteiger partial charge on any atom is -0.396 e. The number of thiophene rings is 1. The second kappa shape index (κ2) is 5.19. The first-order chi connectivity index (χ1) is 8.18. The Kier molecular flexibility index (Phi) is 3.85. The van der Waals surface area contributed by atoms with Crippen molar-refractivity contribution in [1.82, 2.24) is 0 Å². The molecule has 0 bridgehead atoms. The highest BCUT2D eigenvalue weighted by molar-refractivity contribution is 7.17. The van der Waals surface area contributed by atoms with Gasteiger partial charge in [0.25, 0.3) is 0 Å². The number of benzene rings is 1. The Labute approximate surface area is 107 Å². The summed E-state index contributed by atoms with van der Waals surface area (Å²) < 4.78 is 1.35. The summed E-state index contributed by atoms with van der Waals surface area (Å²) in [4.78, 5) is 0. The van der Waals surface area contributed by atoms with Crippen molar-refractivity contribution in [3.63, 3.8) is 0 Å². The average molecular weight is 248 g/mol. The molecule has 0 aliphatic rings. The van der Waals surface area contributed by atoms with E-state index in [9.17, 15) is 5.11 Å². The van der Waals surface area contributed by atoms with Gasteiger partial charge in [0, 0.05) is 11.3 Å². The lowest BCUT2D eigenvalue weighted by atomic mass is 9.80. The summed E-state index contributed by atoms with van der Waals surface area (Å²) in [5.74, 6) is 0. The number of rotatable bonds is 5. The summed E-state index contributed by atoms with van der Waals surface area (Å²) in [5, 5.41) is 13.2. The molecule has 2 rings (SSSR count). The van der Waals surface area contributed by atoms with E-state index in [4.69, 9.17) is 0 Å². The van der Waals surface area contributed by atoms with Gasteiger partial charge in [-0.25, -0.2) is 0 Å². The van der Waals surface area contributed by atoms with Crippen LogP contribution in [0.4, 0.5) is 0 Å². The number of aliphatic hydroxyl groups is 1. The predicted octanol–water partition coefficient (Wildman–Crippen LogP) is 4.24. The Morgan fingerprint density at radius 1 is 1.29 bits per heavy atom. The zero-order valence-corrected chi connectivity index (χ0v) is 11.4. The summed E-state index contributed by atoms with van der Waals surface area (Å²) in [6.45, 7) is 4.63. The third kappa shape index (κ3) is 2.70. The fourth-order valence-corrected chi connectivity index (χ4v) is 3.42. The van der Waals surface area contributed by atoms with E-state index in [2.05, 4.69) is 43.5 Å². The maximum Gasteiger partial charge on any atom is 0.0487 e. The van der Waals surface area contributed by atoms with Crippen LogP contribution < -0.4 is 0 Å². The van der Waals surface area contributed by atoms with Crippen molar-refractivity contribution in [1.29, 1.82) is 0 Å². The Balaban J connectivity index is 2.28. The maximum atomic E-state index is 9.59. The van der Waals surface area contributed by atoms with Crippen LogP contribution in [-0.4, -0.2) is 11.7 Å². The molecule has 0 aliphatic heterocycles. The van der Waals surface area contributed by atoms with Crippen LogP contribution in [0.2, 0.25) is 0 Å². The summed E-state index contributed by atoms with van der Waals surface area (Å²) in [7, 11) is 0. The predicted molar refractivity (Wildman–Crippen MR) is 75.6 cm³/mol. The van der Waals surface area contributed by atoms with Gasteiger partial charge in [0.1, 0.15) is 0 Å². The molecule has 2 heteroatoms. The van der Waals surface area contributed by atoms with E-state index < -0.39 is 0 Å². The molecule has 1 N–H and O–H groups in total. The van der Waals surface area contributed by atoms with Crippen LogP contribution in [0.3, 0.4) is 0 Å². The van der Waals surface area contributed by atoms with Crippen molar-refractivity contribution in [2.24, 2.45) is 5.41 Å². The minimum atomic E-state index is 0.0264. The Morgan fingerprint density at radius 3 is 2.76 bits per heavy atom. The van der Waals surface area contributed by atoms with Crippen molar-refractivity contribution in [2.75, 3.05) is 6.61 Å². The van der Waals surface area contributed by atoms with Crippen molar-refractivity contribution in [3.8, 4) is 0 Å². The normalized spacial score (nSPS) is 15.0. The van der Waals surface area contributed by atoms with Gasteiger partial charge in [0.2, 0.25) is 0 Å². The van der Waals surface area contributed by atoms with E-state index in [1.165, 1.54) is 15.6 Å². The zero-order valence-electron chi connectivity index (χ0n) is 10.6. The highest BCUT2D eigenvalue weighted by Gasteiger charge is 2.24. The number of fused-ring (bicyclic) bond motifs is 1. The molecular formula is C15H20OS. The fourth-order valence-electron chi connectivity index (χ4n) is 2.46. The topological polar surface area (TPSA) is 20.2 Å². The lowest BCUT2D eigenvalue weighted by Gasteiger charge is -2.26. The van der Waals surface area contributed by atoms with Crippen molar-refractivity contribution in [3.05, 3.63) is 35.2 Å². The molecule has 1 aromatic carbocycles. The molecule has 17 heavy (non-hydrogen) atoms. The lowest BCUT2D eigenvalue weighted by Crippen LogP contribution is -2.23. The molecular weight excluding hydrogens is 228 g/mol. The third-order valence-electron chi connectivity index (χ3n) is 3.41. The van der Waals surface area contributed by atoms with Crippen molar-refractivity contribution < 1.29 is 5.11 Å². The molecule has 0 amide bonds. The van der Waals surface area contributed by atoms with Crippen molar-refractivity contribution >= 4 is 21.4 Å². The summed E-state index contributed by atoms with van der Waals surface area (Å²) >= 11 is 1.80. The van der Waals surface area contributed by atoms with Gasteiger partial charge in [-0.1, -0.05) is 38.5 Å². The Bertz CT molecular complexity index is 488. The highest BCUT2D eigenvalue weighted by Crippen LogP contribution is 2.33. The molecule has 0 spiro atoms. The molecule has 0 aliphatic carbocycles. The molecule has 1 heterocycles. The van der Waals surface area contributed by atoms with Gasteiger partial charge in [-0.2, -0.15) is 0 Å². The van der Waals surface area contributed by atoms with Gasteiger partial charge in [-0.05, 0) is 40.7 Å². The largest absolute Gasteiger partial charge is 0.396 e. The smallest absolute Gasteiger partial charge is 0.0487 e. The summed E-state index contributed by atoms with van der Waals surface area (Å²) in [6, 6.07) is 8.53. The average Bonchev–Trinajstić information content (AvgIpc) is 2.73. The molecule has 0 radical (unpaired) electrons. The van der Waals surface area contributed by atoms with E-state index in [0.717, 1.165) is 19.3 Å². The van der Waals surface area contributed by atoms with Gasteiger partial charge in [0.05, 0.1) is 0 Å². The van der Waals surface area contributed by atoms with Gasteiger partial charge < -0.3 is 5.11 Å². The van der Waals surface area contributed by atoms with Crippen LogP contribution in [0.25, 0.3) is 10.1 Å². The van der Waals surface area contributed by atoms with E-state index in [1.807, 2.05) is 0 Å². The van der Waals surface area contributed by atoms with E-state index >= 15 is 0 Å². The van der Waals surface area contributed by atoms with Crippen LogP contribution >= 0.6 is 11.3 Å². The Morgan fingerprint density at radius 2 is 2.06 bits per heavy atom. The molecule has 1 unspecified atom stereocenters. The quantitative estimate of drug-likeness (QED) is 0.839. The van der Waals surface area contributed by atoms with Crippen LogP contribution in [-0.2, 0) is 6.42 Å². The van der Waals surface area contributed by atoms with Crippen LogP contribution in [0, 0.1) is 5.41 Å². The zero-order chi connectivity index (χ0) is 12.3. The van der Waals surface area contributed by atoms with Gasteiger partial charge >= 0.3 is 0 Å². The van der Waals surface area contributed by atoms with Crippen LogP contribution in [0.1, 0.15) is 32.3 Å². The first kappa shape index (κ1) is 12.6. The lowest BCUT2D eigenvalue weighted by molar-refractivity contribution is 0.132. The second-order valence-corrected chi connectivity index (χ2v) is 6.06. The molecule has 1 aromatic heterocycles. The van der Waals surface area contributed by atoms with Gasteiger partial charge in [-0.15, -0.1) is 11.3 Å². The molecule has 0 saturated heterocycles. The van der Waals surface area contributed by atoms with E-state index in [1.54, 1.807) is 11.3 Å². The first-order valence-corrected chi connectivity index (χ1v) is 7.12. The monoisotopic (exact) mass is 248 g/mol. The molecule has 0 saturated carbocycles. The number of hydrogen-bond acceptors (Lipinski definition) is 2. The fraction of sp³-hybridized carbons (Fsp3) is 0.467. The molecule has 1 nitrogen and oxygen atoms in total. The molecule has 0 fully saturated rings. The van der Waals surface area contributed by atoms with Gasteiger partial charge in [-0.3, -0.25) is 0 Å². The third-order valence-corrected chi connectivity index (χ3v) is 4.43. The van der Waals surface area contributed by atoms with Crippen LogP contribution in [0.15, 0.2) is 29.6 Å². The molecule has 1 atom stereocenters. The number of hydrogen-bond donors (Lipinski definition) is 1. The summed E-state index contributed by atoms with van der Waals surface area (Å²) in [5.41, 5.74) is 1.41. The SMILES string of the molecule is CCCC(C)(CO)Cc1csc2ccccc12. The highest BCUT2D eigenvalue weighted by atomic mass is 32.1. The second-order valence-electron chi connectivity index (χ2n) is 5.15. The van der Waals surface area contributed by atoms with Crippen molar-refractivity contribution in [2.45, 2.75) is 33.1 Å². The minimum absolute atomic E-state index is 0.0264. The molecule has 92 valence electrons. The maximum absolute atomic E-state index is 9.59. The Hall–Kier alpha value is -0.860. The van der Waals surface area contributed by atoms with Crippen LogP contribution in [0.5, 0.6) is 0 Å². The summed E-state index contributed by atoms with van der Waals surface area (Å²) in [6.07, 6.45) is 3.17. The first-order valence-electron chi connectivity index (χ1n) is 6.24. The van der Waals surface area contributed by atoms with E-state index in [-0.39, 0.29) is 12.0 Å². The molecule has 2 aromatic rings. The van der Waals surface area contributed by atoms with Gasteiger partial charge in [0.15, 0.2) is 0 Å². The van der Waals surface area contributed by atoms with E-state index in [0.29, 0.717) is 0 Å². The standard InChI is InChI=1S/C15H20OS/c1-3-8-15(2,11-16)9-12-10-17-14-7-5-4-6-13(12)14/h4-7,10,16H,3,8-9,11H2,1-2H3. The number of aliphatic hydroxyl groups excluding tert-OH is 1.